The first-order valence-corrected chi connectivity index (χ1v) is 9.45. The summed E-state index contributed by atoms with van der Waals surface area (Å²) in [5.41, 5.74) is 0.394. The first kappa shape index (κ1) is 19.4. The van der Waals surface area contributed by atoms with Gasteiger partial charge in [-0.3, -0.25) is 9.78 Å². The summed E-state index contributed by atoms with van der Waals surface area (Å²) in [5, 5.41) is 4.86. The van der Waals surface area contributed by atoms with Crippen LogP contribution in [0.5, 0.6) is 0 Å². The highest BCUT2D eigenvalue weighted by Crippen LogP contribution is 2.34. The topological polar surface area (TPSA) is 76.8 Å². The first-order chi connectivity index (χ1) is 13.6. The second kappa shape index (κ2) is 6.82. The number of carbonyl (C=O) groups is 1. The van der Waals surface area contributed by atoms with Gasteiger partial charge >= 0.3 is 0 Å². The van der Waals surface area contributed by atoms with E-state index in [4.69, 9.17) is 0 Å². The Balaban J connectivity index is 1.78. The van der Waals surface area contributed by atoms with Crippen LogP contribution in [0.25, 0.3) is 11.0 Å². The van der Waals surface area contributed by atoms with Gasteiger partial charge in [-0.2, -0.15) is 5.10 Å². The predicted molar refractivity (Wildman–Crippen MR) is 104 cm³/mol. The minimum atomic E-state index is -2.75. The third-order valence-electron chi connectivity index (χ3n) is 4.86. The van der Waals surface area contributed by atoms with Crippen LogP contribution < -0.4 is 4.90 Å². The molecule has 0 atom stereocenters. The fourth-order valence-electron chi connectivity index (χ4n) is 3.29. The molecule has 1 saturated heterocycles. The maximum absolute atomic E-state index is 13.8. The van der Waals surface area contributed by atoms with Crippen LogP contribution in [0, 0.1) is 0 Å². The first-order valence-electron chi connectivity index (χ1n) is 9.45. The number of pyridine rings is 1. The van der Waals surface area contributed by atoms with E-state index >= 15 is 0 Å². The minimum absolute atomic E-state index is 0.0449. The van der Waals surface area contributed by atoms with E-state index in [9.17, 15) is 13.6 Å². The Morgan fingerprint density at radius 1 is 1.24 bits per heavy atom. The molecule has 0 spiro atoms. The monoisotopic (exact) mass is 400 g/mol. The van der Waals surface area contributed by atoms with Crippen molar-refractivity contribution in [3.05, 3.63) is 42.1 Å². The van der Waals surface area contributed by atoms with Crippen LogP contribution in [-0.4, -0.2) is 49.5 Å². The number of carbonyl (C=O) groups excluding carboxylic acids is 1. The highest BCUT2D eigenvalue weighted by Gasteiger charge is 2.40. The van der Waals surface area contributed by atoms with E-state index < -0.39 is 11.3 Å². The summed E-state index contributed by atoms with van der Waals surface area (Å²) in [6.45, 7) is 5.64. The van der Waals surface area contributed by atoms with Gasteiger partial charge in [0, 0.05) is 24.6 Å². The standard InChI is InChI=1S/C20H22F2N6O/c1-19(2,3)18-25-16(27-9-7-20(21,22)12-27)13-10-24-28(17(13)26-18)11-15(29)14-6-4-5-8-23-14/h4-6,8,10H,7,9,11-12H2,1-3H3. The Morgan fingerprint density at radius 3 is 2.66 bits per heavy atom. The van der Waals surface area contributed by atoms with Crippen molar-refractivity contribution in [3.8, 4) is 0 Å². The van der Waals surface area contributed by atoms with E-state index in [1.165, 1.54) is 4.68 Å². The molecular weight excluding hydrogens is 378 g/mol. The number of aromatic nitrogens is 5. The molecule has 4 rings (SSSR count). The van der Waals surface area contributed by atoms with E-state index in [-0.39, 0.29) is 31.8 Å². The van der Waals surface area contributed by atoms with Crippen LogP contribution in [0.15, 0.2) is 30.6 Å². The van der Waals surface area contributed by atoms with Crippen molar-refractivity contribution in [1.29, 1.82) is 0 Å². The van der Waals surface area contributed by atoms with Crippen molar-refractivity contribution in [1.82, 2.24) is 24.7 Å². The number of fused-ring (bicyclic) bond motifs is 1. The second-order valence-corrected chi connectivity index (χ2v) is 8.33. The number of halogens is 2. The highest BCUT2D eigenvalue weighted by atomic mass is 19.3. The molecule has 0 radical (unpaired) electrons. The van der Waals surface area contributed by atoms with Gasteiger partial charge < -0.3 is 4.90 Å². The van der Waals surface area contributed by atoms with Gasteiger partial charge in [0.05, 0.1) is 18.1 Å². The molecule has 7 nitrogen and oxygen atoms in total. The molecule has 3 aromatic heterocycles. The van der Waals surface area contributed by atoms with E-state index in [0.29, 0.717) is 28.4 Å². The van der Waals surface area contributed by atoms with Crippen molar-refractivity contribution in [2.24, 2.45) is 0 Å². The van der Waals surface area contributed by atoms with E-state index in [2.05, 4.69) is 20.1 Å². The van der Waals surface area contributed by atoms with Crippen LogP contribution >= 0.6 is 0 Å². The fourth-order valence-corrected chi connectivity index (χ4v) is 3.29. The van der Waals surface area contributed by atoms with E-state index in [1.807, 2.05) is 20.8 Å². The van der Waals surface area contributed by atoms with Crippen molar-refractivity contribution >= 4 is 22.6 Å². The number of anilines is 1. The van der Waals surface area contributed by atoms with Gasteiger partial charge in [-0.25, -0.2) is 23.4 Å². The Bertz CT molecular complexity index is 1060. The third-order valence-corrected chi connectivity index (χ3v) is 4.86. The zero-order valence-corrected chi connectivity index (χ0v) is 16.6. The molecule has 29 heavy (non-hydrogen) atoms. The molecule has 152 valence electrons. The zero-order chi connectivity index (χ0) is 20.8. The summed E-state index contributed by atoms with van der Waals surface area (Å²) in [4.78, 5) is 27.5. The average molecular weight is 400 g/mol. The van der Waals surface area contributed by atoms with Crippen molar-refractivity contribution in [3.63, 3.8) is 0 Å². The molecule has 9 heteroatoms. The molecule has 4 heterocycles. The molecule has 0 amide bonds. The summed E-state index contributed by atoms with van der Waals surface area (Å²) in [6, 6.07) is 5.12. The number of ketones is 1. The Kier molecular flexibility index (Phi) is 4.55. The lowest BCUT2D eigenvalue weighted by atomic mass is 9.95. The third kappa shape index (κ3) is 3.81. The Labute approximate surface area is 166 Å². The molecule has 3 aromatic rings. The number of hydrogen-bond acceptors (Lipinski definition) is 6. The van der Waals surface area contributed by atoms with Crippen LogP contribution in [-0.2, 0) is 12.0 Å². The van der Waals surface area contributed by atoms with Crippen LogP contribution in [0.1, 0.15) is 43.5 Å². The molecular formula is C20H22F2N6O. The molecule has 0 unspecified atom stereocenters. The van der Waals surface area contributed by atoms with Gasteiger partial charge in [-0.1, -0.05) is 26.8 Å². The molecule has 1 aliphatic rings. The quantitative estimate of drug-likeness (QED) is 0.626. The lowest BCUT2D eigenvalue weighted by Crippen LogP contribution is -2.27. The Morgan fingerprint density at radius 2 is 2.03 bits per heavy atom. The van der Waals surface area contributed by atoms with Gasteiger partial charge in [-0.05, 0) is 12.1 Å². The minimum Gasteiger partial charge on any atom is -0.350 e. The molecule has 1 fully saturated rings. The Hall–Kier alpha value is -2.97. The van der Waals surface area contributed by atoms with Crippen LogP contribution in [0.3, 0.4) is 0 Å². The van der Waals surface area contributed by atoms with Crippen LogP contribution in [0.2, 0.25) is 0 Å². The summed E-state index contributed by atoms with van der Waals surface area (Å²) in [6.07, 6.45) is 2.88. The summed E-state index contributed by atoms with van der Waals surface area (Å²) < 4.78 is 29.1. The second-order valence-electron chi connectivity index (χ2n) is 8.33. The molecule has 0 aromatic carbocycles. The summed E-state index contributed by atoms with van der Waals surface area (Å²) in [7, 11) is 0. The number of alkyl halides is 2. The zero-order valence-electron chi connectivity index (χ0n) is 16.6. The number of rotatable bonds is 4. The lowest BCUT2D eigenvalue weighted by Gasteiger charge is -2.22. The van der Waals surface area contributed by atoms with Crippen molar-refractivity contribution < 1.29 is 13.6 Å². The van der Waals surface area contributed by atoms with Gasteiger partial charge in [0.15, 0.2) is 5.65 Å². The smallest absolute Gasteiger partial charge is 0.266 e. The number of hydrogen-bond donors (Lipinski definition) is 0. The van der Waals surface area contributed by atoms with Crippen molar-refractivity contribution in [2.75, 3.05) is 18.0 Å². The SMILES string of the molecule is CC(C)(C)c1nc(N2CCC(F)(F)C2)c2cnn(CC(=O)c3ccccn3)c2n1. The predicted octanol–water partition coefficient (Wildman–Crippen LogP) is 3.25. The van der Waals surface area contributed by atoms with Gasteiger partial charge in [0.2, 0.25) is 5.78 Å². The highest BCUT2D eigenvalue weighted by molar-refractivity contribution is 5.95. The van der Waals surface area contributed by atoms with Crippen LogP contribution in [0.4, 0.5) is 14.6 Å². The van der Waals surface area contributed by atoms with Gasteiger partial charge in [-0.15, -0.1) is 0 Å². The molecule has 0 N–H and O–H groups in total. The average Bonchev–Trinajstić information content (AvgIpc) is 3.24. The molecule has 0 saturated carbocycles. The summed E-state index contributed by atoms with van der Waals surface area (Å²) >= 11 is 0. The van der Waals surface area contributed by atoms with Crippen molar-refractivity contribution in [2.45, 2.75) is 45.1 Å². The van der Waals surface area contributed by atoms with E-state index in [1.54, 1.807) is 35.5 Å². The maximum Gasteiger partial charge on any atom is 0.266 e. The largest absolute Gasteiger partial charge is 0.350 e. The normalized spacial score (nSPS) is 16.5. The maximum atomic E-state index is 13.8. The molecule has 0 aliphatic carbocycles. The summed E-state index contributed by atoms with van der Waals surface area (Å²) in [5.74, 6) is -2.00. The number of nitrogens with zero attached hydrogens (tertiary/aromatic N) is 6. The van der Waals surface area contributed by atoms with E-state index in [0.717, 1.165) is 0 Å². The molecule has 1 aliphatic heterocycles. The molecule has 0 bridgehead atoms. The fraction of sp³-hybridized carbons (Fsp3) is 0.450. The number of Topliss-reactive ketones (excluding diaryl/α,β-unsaturated/α-hetero) is 1. The van der Waals surface area contributed by atoms with Gasteiger partial charge in [0.25, 0.3) is 5.92 Å². The van der Waals surface area contributed by atoms with Gasteiger partial charge in [0.1, 0.15) is 23.9 Å². The lowest BCUT2D eigenvalue weighted by molar-refractivity contribution is 0.0257.